The molecule has 0 saturated carbocycles. The first-order chi connectivity index (χ1) is 11.9. The summed E-state index contributed by atoms with van der Waals surface area (Å²) in [4.78, 5) is 0. The Balaban J connectivity index is 0.00000225. The maximum absolute atomic E-state index is 5.50. The van der Waals surface area contributed by atoms with E-state index < -0.39 is 0 Å². The van der Waals surface area contributed by atoms with E-state index in [1.165, 1.54) is 16.7 Å². The van der Waals surface area contributed by atoms with Crippen LogP contribution in [0.1, 0.15) is 29.7 Å². The molecule has 3 aromatic carbocycles. The molecular formula is C22H24ClNO. The van der Waals surface area contributed by atoms with E-state index in [2.05, 4.69) is 78.1 Å². The van der Waals surface area contributed by atoms with Crippen LogP contribution in [0.2, 0.25) is 0 Å². The highest BCUT2D eigenvalue weighted by atomic mass is 35.5. The standard InChI is InChI=1S/C22H23NO.ClH/c1-2-24-21-15-13-18(14-16-21)17-23-22(19-9-5-3-6-10-19)20-11-7-4-8-12-20;/h3-16,22-23H,2,17H2,1H3;1H. The first-order valence-electron chi connectivity index (χ1n) is 8.42. The molecule has 0 unspecified atom stereocenters. The third-order valence-electron chi connectivity index (χ3n) is 4.01. The van der Waals surface area contributed by atoms with Crippen molar-refractivity contribution in [3.8, 4) is 5.75 Å². The van der Waals surface area contributed by atoms with Crippen LogP contribution in [0.5, 0.6) is 5.75 Å². The number of rotatable bonds is 7. The van der Waals surface area contributed by atoms with E-state index in [1.807, 2.05) is 19.1 Å². The summed E-state index contributed by atoms with van der Waals surface area (Å²) >= 11 is 0. The van der Waals surface area contributed by atoms with Crippen molar-refractivity contribution in [3.05, 3.63) is 102 Å². The first-order valence-corrected chi connectivity index (χ1v) is 8.42. The minimum atomic E-state index is 0. The lowest BCUT2D eigenvalue weighted by Gasteiger charge is -2.20. The van der Waals surface area contributed by atoms with Crippen LogP contribution in [0.4, 0.5) is 0 Å². The van der Waals surface area contributed by atoms with Crippen molar-refractivity contribution in [2.24, 2.45) is 0 Å². The predicted octanol–water partition coefficient (Wildman–Crippen LogP) is 5.39. The smallest absolute Gasteiger partial charge is 0.119 e. The van der Waals surface area contributed by atoms with Gasteiger partial charge in [-0.05, 0) is 35.7 Å². The maximum Gasteiger partial charge on any atom is 0.119 e. The van der Waals surface area contributed by atoms with Crippen molar-refractivity contribution in [1.29, 1.82) is 0 Å². The summed E-state index contributed by atoms with van der Waals surface area (Å²) in [5.74, 6) is 0.920. The van der Waals surface area contributed by atoms with Crippen LogP contribution >= 0.6 is 12.4 Å². The topological polar surface area (TPSA) is 21.3 Å². The monoisotopic (exact) mass is 353 g/mol. The molecular weight excluding hydrogens is 330 g/mol. The van der Waals surface area contributed by atoms with Crippen molar-refractivity contribution in [2.45, 2.75) is 19.5 Å². The summed E-state index contributed by atoms with van der Waals surface area (Å²) in [7, 11) is 0. The third-order valence-corrected chi connectivity index (χ3v) is 4.01. The Hall–Kier alpha value is -2.29. The molecule has 0 aromatic heterocycles. The van der Waals surface area contributed by atoms with E-state index >= 15 is 0 Å². The second kappa shape index (κ2) is 9.87. The van der Waals surface area contributed by atoms with Crippen LogP contribution in [0.15, 0.2) is 84.9 Å². The van der Waals surface area contributed by atoms with E-state index in [-0.39, 0.29) is 18.4 Å². The highest BCUT2D eigenvalue weighted by Crippen LogP contribution is 2.22. The fraction of sp³-hybridized carbons (Fsp3) is 0.182. The zero-order valence-electron chi connectivity index (χ0n) is 14.4. The van der Waals surface area contributed by atoms with Gasteiger partial charge in [0.2, 0.25) is 0 Å². The Morgan fingerprint density at radius 1 is 0.760 bits per heavy atom. The Labute approximate surface area is 156 Å². The Bertz CT molecular complexity index is 689. The second-order valence-corrected chi connectivity index (χ2v) is 5.71. The van der Waals surface area contributed by atoms with E-state index in [1.54, 1.807) is 0 Å². The molecule has 3 rings (SSSR count). The highest BCUT2D eigenvalue weighted by molar-refractivity contribution is 5.85. The molecule has 3 heteroatoms. The SMILES string of the molecule is CCOc1ccc(CNC(c2ccccc2)c2ccccc2)cc1.Cl. The lowest BCUT2D eigenvalue weighted by molar-refractivity contribution is 0.340. The lowest BCUT2D eigenvalue weighted by atomic mass is 9.98. The molecule has 0 aliphatic carbocycles. The summed E-state index contributed by atoms with van der Waals surface area (Å²) in [6, 6.07) is 29.6. The quantitative estimate of drug-likeness (QED) is 0.615. The number of ether oxygens (including phenoxy) is 1. The van der Waals surface area contributed by atoms with Gasteiger partial charge in [-0.25, -0.2) is 0 Å². The van der Waals surface area contributed by atoms with Gasteiger partial charge in [-0.1, -0.05) is 72.8 Å². The molecule has 0 bridgehead atoms. The van der Waals surface area contributed by atoms with Gasteiger partial charge in [-0.3, -0.25) is 0 Å². The van der Waals surface area contributed by atoms with Crippen LogP contribution in [-0.4, -0.2) is 6.61 Å². The molecule has 2 nitrogen and oxygen atoms in total. The minimum absolute atomic E-state index is 0. The highest BCUT2D eigenvalue weighted by Gasteiger charge is 2.12. The third kappa shape index (κ3) is 5.35. The molecule has 0 heterocycles. The molecule has 0 aliphatic rings. The molecule has 25 heavy (non-hydrogen) atoms. The van der Waals surface area contributed by atoms with Gasteiger partial charge < -0.3 is 10.1 Å². The maximum atomic E-state index is 5.50. The van der Waals surface area contributed by atoms with Crippen LogP contribution < -0.4 is 10.1 Å². The molecule has 0 amide bonds. The zero-order chi connectivity index (χ0) is 16.6. The second-order valence-electron chi connectivity index (χ2n) is 5.71. The molecule has 1 N–H and O–H groups in total. The molecule has 3 aromatic rings. The normalized spacial score (nSPS) is 10.3. The summed E-state index contributed by atoms with van der Waals surface area (Å²) in [6.45, 7) is 3.50. The lowest BCUT2D eigenvalue weighted by Crippen LogP contribution is -2.22. The van der Waals surface area contributed by atoms with Crippen LogP contribution in [0.25, 0.3) is 0 Å². The number of benzene rings is 3. The minimum Gasteiger partial charge on any atom is -0.494 e. The zero-order valence-corrected chi connectivity index (χ0v) is 15.2. The summed E-state index contributed by atoms with van der Waals surface area (Å²) in [5.41, 5.74) is 3.79. The van der Waals surface area contributed by atoms with Crippen LogP contribution in [0, 0.1) is 0 Å². The summed E-state index contributed by atoms with van der Waals surface area (Å²) in [6.07, 6.45) is 0. The molecule has 0 saturated heterocycles. The van der Waals surface area contributed by atoms with Gasteiger partial charge in [0.15, 0.2) is 0 Å². The van der Waals surface area contributed by atoms with Crippen molar-refractivity contribution in [1.82, 2.24) is 5.32 Å². The molecule has 130 valence electrons. The van der Waals surface area contributed by atoms with Gasteiger partial charge in [-0.2, -0.15) is 0 Å². The number of hydrogen-bond acceptors (Lipinski definition) is 2. The van der Waals surface area contributed by atoms with Crippen molar-refractivity contribution in [2.75, 3.05) is 6.61 Å². The van der Waals surface area contributed by atoms with Gasteiger partial charge in [0.05, 0.1) is 12.6 Å². The number of nitrogens with one attached hydrogen (secondary N) is 1. The Morgan fingerprint density at radius 2 is 1.28 bits per heavy atom. The molecule has 0 fully saturated rings. The summed E-state index contributed by atoms with van der Waals surface area (Å²) in [5, 5.41) is 3.68. The van der Waals surface area contributed by atoms with E-state index in [4.69, 9.17) is 4.74 Å². The largest absolute Gasteiger partial charge is 0.494 e. The van der Waals surface area contributed by atoms with E-state index in [0.717, 1.165) is 12.3 Å². The van der Waals surface area contributed by atoms with Crippen molar-refractivity contribution >= 4 is 12.4 Å². The Morgan fingerprint density at radius 3 is 1.76 bits per heavy atom. The van der Waals surface area contributed by atoms with Crippen LogP contribution in [0.3, 0.4) is 0 Å². The average molecular weight is 354 g/mol. The predicted molar refractivity (Wildman–Crippen MR) is 106 cm³/mol. The van der Waals surface area contributed by atoms with Crippen LogP contribution in [-0.2, 0) is 6.54 Å². The fourth-order valence-electron chi connectivity index (χ4n) is 2.81. The summed E-state index contributed by atoms with van der Waals surface area (Å²) < 4.78 is 5.50. The van der Waals surface area contributed by atoms with E-state index in [0.29, 0.717) is 6.61 Å². The van der Waals surface area contributed by atoms with E-state index in [9.17, 15) is 0 Å². The number of halogens is 1. The molecule has 0 spiro atoms. The first kappa shape index (κ1) is 19.0. The van der Waals surface area contributed by atoms with Crippen molar-refractivity contribution in [3.63, 3.8) is 0 Å². The molecule has 0 radical (unpaired) electrons. The van der Waals surface area contributed by atoms with Gasteiger partial charge in [0, 0.05) is 6.54 Å². The fourth-order valence-corrected chi connectivity index (χ4v) is 2.81. The Kier molecular flexibility index (Phi) is 7.52. The van der Waals surface area contributed by atoms with Crippen molar-refractivity contribution < 1.29 is 4.74 Å². The molecule has 0 atom stereocenters. The van der Waals surface area contributed by atoms with Gasteiger partial charge in [-0.15, -0.1) is 12.4 Å². The van der Waals surface area contributed by atoms with Gasteiger partial charge in [0.1, 0.15) is 5.75 Å². The van der Waals surface area contributed by atoms with Gasteiger partial charge in [0.25, 0.3) is 0 Å². The number of hydrogen-bond donors (Lipinski definition) is 1. The van der Waals surface area contributed by atoms with Gasteiger partial charge >= 0.3 is 0 Å². The molecule has 0 aliphatic heterocycles. The average Bonchev–Trinajstić information content (AvgIpc) is 2.65.